The minimum absolute atomic E-state index is 0.425. The van der Waals surface area contributed by atoms with Gasteiger partial charge in [0.25, 0.3) is 0 Å². The number of carbonyl (C=O) groups is 6. The number of anilines is 1. The SMILES string of the molecule is CC(C)N1CCN([C@H]2CC[C@@H](n3cc(-c4ccc(Oc5ccccc5)cc4)c4c(N)ncnc43)CC2)CC1.O=C(O)/C=C\C(=O)O.O=C(O)/C=C\C(=O)O.O=C(O)/C=C\C(=O)O. The molecule has 1 saturated carbocycles. The summed E-state index contributed by atoms with van der Waals surface area (Å²) in [6.45, 7) is 9.37. The molecular weight excluding hydrogens is 809 g/mol. The Hall–Kier alpha value is -7.38. The Morgan fingerprint density at radius 3 is 1.50 bits per heavy atom. The number of aromatic nitrogens is 3. The number of fused-ring (bicyclic) bond motifs is 1. The number of nitrogen functional groups attached to an aromatic ring is 1. The molecule has 8 N–H and O–H groups in total. The topological polar surface area (TPSA) is 296 Å². The number of para-hydroxylation sites is 1. The highest BCUT2D eigenvalue weighted by Gasteiger charge is 2.30. The predicted octanol–water partition coefficient (Wildman–Crippen LogP) is 5.12. The van der Waals surface area contributed by atoms with Crippen molar-refractivity contribution in [3.05, 3.63) is 104 Å². The van der Waals surface area contributed by atoms with Gasteiger partial charge in [0.2, 0.25) is 0 Å². The largest absolute Gasteiger partial charge is 0.478 e. The second-order valence-electron chi connectivity index (χ2n) is 14.0. The first kappa shape index (κ1) is 49.0. The maximum atomic E-state index is 9.55. The molecule has 0 amide bonds. The molecule has 0 bridgehead atoms. The zero-order valence-electron chi connectivity index (χ0n) is 34.1. The van der Waals surface area contributed by atoms with Crippen LogP contribution in [0.4, 0.5) is 5.82 Å². The maximum absolute atomic E-state index is 9.55. The molecule has 6 rings (SSSR count). The molecular formula is C43H50N6O13. The zero-order valence-corrected chi connectivity index (χ0v) is 34.1. The van der Waals surface area contributed by atoms with E-state index in [1.807, 2.05) is 42.5 Å². The molecule has 330 valence electrons. The predicted molar refractivity (Wildman–Crippen MR) is 227 cm³/mol. The minimum atomic E-state index is -1.26. The van der Waals surface area contributed by atoms with Crippen molar-refractivity contribution in [1.29, 1.82) is 0 Å². The van der Waals surface area contributed by atoms with E-state index in [2.05, 4.69) is 51.5 Å². The van der Waals surface area contributed by atoms with Crippen LogP contribution in [-0.2, 0) is 28.8 Å². The van der Waals surface area contributed by atoms with Gasteiger partial charge in [-0.25, -0.2) is 38.7 Å². The highest BCUT2D eigenvalue weighted by Crippen LogP contribution is 2.39. The molecule has 4 aromatic rings. The van der Waals surface area contributed by atoms with E-state index >= 15 is 0 Å². The van der Waals surface area contributed by atoms with Crippen molar-refractivity contribution in [3.63, 3.8) is 0 Å². The Bertz CT molecular complexity index is 2090. The normalized spacial score (nSPS) is 16.7. The van der Waals surface area contributed by atoms with Gasteiger partial charge in [-0.05, 0) is 69.4 Å². The van der Waals surface area contributed by atoms with Crippen molar-refractivity contribution in [2.24, 2.45) is 0 Å². The summed E-state index contributed by atoms with van der Waals surface area (Å²) >= 11 is 0. The lowest BCUT2D eigenvalue weighted by molar-refractivity contribution is -0.134. The molecule has 0 atom stereocenters. The van der Waals surface area contributed by atoms with Crippen LogP contribution in [0.15, 0.2) is 104 Å². The second-order valence-corrected chi connectivity index (χ2v) is 14.0. The average Bonchev–Trinajstić information content (AvgIpc) is 3.64. The van der Waals surface area contributed by atoms with Crippen molar-refractivity contribution in [1.82, 2.24) is 24.3 Å². The number of carboxylic acids is 6. The third-order valence-corrected chi connectivity index (χ3v) is 9.54. The standard InChI is InChI=1S/C31H38N6O.3C4H4O4/c1-22(2)35-16-18-36(19-17-35)24-10-12-25(13-11-24)37-20-28(29-30(32)33-21-34-31(29)37)23-8-14-27(15-9-23)38-26-6-4-3-5-7-26;3*5-3(6)1-2-4(7)8/h3-9,14-15,20-22,24-25H,10-13,16-19H2,1-2H3,(H2,32,33,34);3*1-2H,(H,5,6)(H,7,8)/b;3*2-1-/t24-,25+;;;. The van der Waals surface area contributed by atoms with Crippen LogP contribution in [-0.4, -0.2) is 129 Å². The Labute approximate surface area is 356 Å². The summed E-state index contributed by atoms with van der Waals surface area (Å²) in [5.41, 5.74) is 9.53. The molecule has 0 radical (unpaired) electrons. The van der Waals surface area contributed by atoms with E-state index < -0.39 is 35.8 Å². The molecule has 62 heavy (non-hydrogen) atoms. The number of rotatable bonds is 12. The van der Waals surface area contributed by atoms with Gasteiger partial charge in [0, 0.05) is 92.5 Å². The molecule has 1 aliphatic heterocycles. The van der Waals surface area contributed by atoms with Crippen molar-refractivity contribution in [2.75, 3.05) is 31.9 Å². The summed E-state index contributed by atoms with van der Waals surface area (Å²) in [6.07, 6.45) is 12.0. The van der Waals surface area contributed by atoms with Crippen molar-refractivity contribution < 1.29 is 64.1 Å². The van der Waals surface area contributed by atoms with Gasteiger partial charge >= 0.3 is 35.8 Å². The van der Waals surface area contributed by atoms with Crippen molar-refractivity contribution >= 4 is 52.7 Å². The first-order valence-corrected chi connectivity index (χ1v) is 19.3. The molecule has 2 fully saturated rings. The fourth-order valence-electron chi connectivity index (χ4n) is 6.68. The molecule has 19 nitrogen and oxygen atoms in total. The summed E-state index contributed by atoms with van der Waals surface area (Å²) in [6, 6.07) is 19.8. The van der Waals surface area contributed by atoms with E-state index in [0.29, 0.717) is 60.4 Å². The van der Waals surface area contributed by atoms with E-state index in [1.54, 1.807) is 6.33 Å². The highest BCUT2D eigenvalue weighted by atomic mass is 16.5. The molecule has 2 aromatic heterocycles. The number of nitrogens with zero attached hydrogens (tertiary/aromatic N) is 5. The van der Waals surface area contributed by atoms with Gasteiger partial charge in [0.15, 0.2) is 0 Å². The lowest BCUT2D eigenvalue weighted by Crippen LogP contribution is -2.52. The third kappa shape index (κ3) is 16.7. The van der Waals surface area contributed by atoms with Crippen LogP contribution in [0.25, 0.3) is 22.2 Å². The van der Waals surface area contributed by atoms with E-state index in [0.717, 1.165) is 46.5 Å². The quantitative estimate of drug-likeness (QED) is 0.0910. The second kappa shape index (κ2) is 24.6. The smallest absolute Gasteiger partial charge is 0.328 e. The molecule has 0 spiro atoms. The van der Waals surface area contributed by atoms with Gasteiger partial charge < -0.3 is 45.7 Å². The van der Waals surface area contributed by atoms with Gasteiger partial charge in [0.1, 0.15) is 29.3 Å². The molecule has 0 unspecified atom stereocenters. The maximum Gasteiger partial charge on any atom is 0.328 e. The lowest BCUT2D eigenvalue weighted by atomic mass is 9.89. The number of aliphatic carboxylic acids is 6. The monoisotopic (exact) mass is 858 g/mol. The van der Waals surface area contributed by atoms with Gasteiger partial charge in [-0.2, -0.15) is 0 Å². The molecule has 19 heteroatoms. The Morgan fingerprint density at radius 1 is 0.629 bits per heavy atom. The molecule has 3 heterocycles. The van der Waals surface area contributed by atoms with Gasteiger partial charge in [-0.1, -0.05) is 30.3 Å². The number of hydrogen-bond acceptors (Lipinski definition) is 12. The summed E-state index contributed by atoms with van der Waals surface area (Å²) in [5.74, 6) is -5.38. The molecule has 2 aliphatic rings. The first-order chi connectivity index (χ1) is 29.4. The molecule has 2 aromatic carbocycles. The number of benzene rings is 2. The van der Waals surface area contributed by atoms with Crippen molar-refractivity contribution in [3.8, 4) is 22.6 Å². The molecule has 1 saturated heterocycles. The van der Waals surface area contributed by atoms with Gasteiger partial charge in [0.05, 0.1) is 5.39 Å². The first-order valence-electron chi connectivity index (χ1n) is 19.3. The Balaban J connectivity index is 0.000000349. The fraction of sp³-hybridized carbons (Fsp3) is 0.302. The number of hydrogen-bond donors (Lipinski definition) is 7. The summed E-state index contributed by atoms with van der Waals surface area (Å²) in [4.78, 5) is 71.7. The van der Waals surface area contributed by atoms with Crippen LogP contribution in [0.5, 0.6) is 11.5 Å². The Kier molecular flexibility index (Phi) is 19.5. The number of nitrogens with two attached hydrogens (primary N) is 1. The minimum Gasteiger partial charge on any atom is -0.478 e. The van der Waals surface area contributed by atoms with E-state index in [1.165, 1.54) is 39.0 Å². The number of piperazine rings is 1. The summed E-state index contributed by atoms with van der Waals surface area (Å²) < 4.78 is 8.36. The van der Waals surface area contributed by atoms with Gasteiger partial charge in [-0.15, -0.1) is 0 Å². The van der Waals surface area contributed by atoms with E-state index in [9.17, 15) is 28.8 Å². The average molecular weight is 859 g/mol. The third-order valence-electron chi connectivity index (χ3n) is 9.54. The number of ether oxygens (including phenoxy) is 1. The fourth-order valence-corrected chi connectivity index (χ4v) is 6.68. The summed E-state index contributed by atoms with van der Waals surface area (Å²) in [5, 5.41) is 47.8. The number of carboxylic acid groups (broad SMARTS) is 6. The zero-order chi connectivity index (χ0) is 45.8. The highest BCUT2D eigenvalue weighted by molar-refractivity contribution is 6.00. The lowest BCUT2D eigenvalue weighted by Gasteiger charge is -2.43. The van der Waals surface area contributed by atoms with E-state index in [-0.39, 0.29) is 0 Å². The van der Waals surface area contributed by atoms with Crippen LogP contribution in [0, 0.1) is 0 Å². The van der Waals surface area contributed by atoms with Crippen LogP contribution < -0.4 is 10.5 Å². The van der Waals surface area contributed by atoms with Crippen LogP contribution in [0.3, 0.4) is 0 Å². The van der Waals surface area contributed by atoms with Gasteiger partial charge in [-0.3, -0.25) is 9.80 Å². The summed E-state index contributed by atoms with van der Waals surface area (Å²) in [7, 11) is 0. The van der Waals surface area contributed by atoms with Crippen LogP contribution in [0.1, 0.15) is 45.6 Å². The Morgan fingerprint density at radius 2 is 1.06 bits per heavy atom. The van der Waals surface area contributed by atoms with Crippen LogP contribution in [0.2, 0.25) is 0 Å². The molecule has 1 aliphatic carbocycles. The van der Waals surface area contributed by atoms with Crippen molar-refractivity contribution in [2.45, 2.75) is 57.7 Å². The van der Waals surface area contributed by atoms with E-state index in [4.69, 9.17) is 46.1 Å². The van der Waals surface area contributed by atoms with Crippen LogP contribution >= 0.6 is 0 Å².